The fourth-order valence-corrected chi connectivity index (χ4v) is 2.18. The van der Waals surface area contributed by atoms with Crippen LogP contribution in [0.2, 0.25) is 0 Å². The molecule has 92 valence electrons. The summed E-state index contributed by atoms with van der Waals surface area (Å²) in [6.45, 7) is 2.10. The van der Waals surface area contributed by atoms with Crippen molar-refractivity contribution in [2.45, 2.75) is 6.92 Å². The molecule has 0 N–H and O–H groups in total. The summed E-state index contributed by atoms with van der Waals surface area (Å²) >= 11 is 0. The van der Waals surface area contributed by atoms with Gasteiger partial charge in [-0.05, 0) is 35.7 Å². The van der Waals surface area contributed by atoms with Gasteiger partial charge in [0.25, 0.3) is 0 Å². The van der Waals surface area contributed by atoms with Crippen molar-refractivity contribution in [3.05, 3.63) is 72.7 Å². The third kappa shape index (κ3) is 2.52. The zero-order valence-corrected chi connectivity index (χ0v) is 10.7. The third-order valence-electron chi connectivity index (χ3n) is 3.04. The van der Waals surface area contributed by atoms with E-state index < -0.39 is 0 Å². The first-order chi connectivity index (χ1) is 9.33. The van der Waals surface area contributed by atoms with Crippen molar-refractivity contribution in [2.75, 3.05) is 0 Å². The van der Waals surface area contributed by atoms with Crippen LogP contribution in [0.5, 0.6) is 0 Å². The Bertz CT molecular complexity index is 618. The van der Waals surface area contributed by atoms with Crippen molar-refractivity contribution >= 4 is 0 Å². The summed E-state index contributed by atoms with van der Waals surface area (Å²) in [5, 5.41) is 0. The summed E-state index contributed by atoms with van der Waals surface area (Å²) in [5.74, 6) is 0. The number of aryl methyl sites for hydroxylation is 1. The highest BCUT2D eigenvalue weighted by Gasteiger charge is 2.04. The second kappa shape index (κ2) is 5.02. The minimum Gasteiger partial charge on any atom is -0.261 e. The van der Waals surface area contributed by atoms with Crippen LogP contribution in [0.3, 0.4) is 0 Å². The maximum absolute atomic E-state index is 4.36. The first-order valence-corrected chi connectivity index (χ1v) is 6.26. The summed E-state index contributed by atoms with van der Waals surface area (Å²) in [5.41, 5.74) is 5.66. The van der Waals surface area contributed by atoms with Gasteiger partial charge in [0.1, 0.15) is 0 Å². The first kappa shape index (κ1) is 11.6. The van der Waals surface area contributed by atoms with Crippen LogP contribution in [-0.2, 0) is 0 Å². The maximum atomic E-state index is 4.36. The van der Waals surface area contributed by atoms with E-state index in [-0.39, 0.29) is 0 Å². The quantitative estimate of drug-likeness (QED) is 0.679. The van der Waals surface area contributed by atoms with Gasteiger partial charge >= 0.3 is 0 Å². The fourth-order valence-electron chi connectivity index (χ4n) is 2.18. The van der Waals surface area contributed by atoms with Crippen LogP contribution >= 0.6 is 0 Å². The molecule has 0 fully saturated rings. The molecule has 2 nitrogen and oxygen atoms in total. The highest BCUT2D eigenvalue weighted by Crippen LogP contribution is 2.26. The molecular weight excluding hydrogens is 232 g/mol. The molecule has 1 aromatic heterocycles. The average molecular weight is 246 g/mol. The third-order valence-corrected chi connectivity index (χ3v) is 3.04. The Morgan fingerprint density at radius 2 is 1.58 bits per heavy atom. The van der Waals surface area contributed by atoms with E-state index in [0.717, 1.165) is 11.3 Å². The molecule has 0 unspecified atom stereocenters. The molecule has 0 spiro atoms. The van der Waals surface area contributed by atoms with Crippen LogP contribution in [0.4, 0.5) is 0 Å². The van der Waals surface area contributed by atoms with Crippen molar-refractivity contribution in [1.82, 2.24) is 9.97 Å². The summed E-state index contributed by atoms with van der Waals surface area (Å²) in [6.07, 6.45) is 5.21. The van der Waals surface area contributed by atoms with Crippen molar-refractivity contribution in [3.63, 3.8) is 0 Å². The molecule has 3 aromatic rings. The molecule has 19 heavy (non-hydrogen) atoms. The van der Waals surface area contributed by atoms with E-state index >= 15 is 0 Å². The molecule has 2 aromatic carbocycles. The topological polar surface area (TPSA) is 25.8 Å². The summed E-state index contributed by atoms with van der Waals surface area (Å²) < 4.78 is 0. The Morgan fingerprint density at radius 1 is 0.789 bits per heavy atom. The van der Waals surface area contributed by atoms with Gasteiger partial charge in [0.15, 0.2) is 0 Å². The lowest BCUT2D eigenvalue weighted by Crippen LogP contribution is -1.87. The van der Waals surface area contributed by atoms with E-state index in [1.54, 1.807) is 18.6 Å². The van der Waals surface area contributed by atoms with Crippen LogP contribution in [0, 0.1) is 6.92 Å². The van der Waals surface area contributed by atoms with Gasteiger partial charge in [-0.25, -0.2) is 0 Å². The standard InChI is InChI=1S/C17H14N2/c1-13-9-15(14-5-3-2-4-6-14)11-16(10-13)17-12-18-7-8-19-17/h2-12H,1H3. The highest BCUT2D eigenvalue weighted by molar-refractivity contribution is 5.72. The van der Waals surface area contributed by atoms with E-state index in [1.807, 2.05) is 6.07 Å². The van der Waals surface area contributed by atoms with Crippen LogP contribution in [-0.4, -0.2) is 9.97 Å². The monoisotopic (exact) mass is 246 g/mol. The molecule has 0 aliphatic heterocycles. The van der Waals surface area contributed by atoms with Gasteiger partial charge in [0, 0.05) is 18.0 Å². The van der Waals surface area contributed by atoms with E-state index in [1.165, 1.54) is 16.7 Å². The number of hydrogen-bond donors (Lipinski definition) is 0. The number of nitrogens with zero attached hydrogens (tertiary/aromatic N) is 2. The van der Waals surface area contributed by atoms with Gasteiger partial charge in [-0.2, -0.15) is 0 Å². The molecule has 3 rings (SSSR count). The lowest BCUT2D eigenvalue weighted by Gasteiger charge is -2.07. The lowest BCUT2D eigenvalue weighted by molar-refractivity contribution is 1.20. The molecular formula is C17H14N2. The zero-order valence-electron chi connectivity index (χ0n) is 10.7. The van der Waals surface area contributed by atoms with E-state index in [0.29, 0.717) is 0 Å². The molecule has 0 saturated heterocycles. The Kier molecular flexibility index (Phi) is 3.07. The molecule has 1 heterocycles. The van der Waals surface area contributed by atoms with Crippen LogP contribution < -0.4 is 0 Å². The van der Waals surface area contributed by atoms with Crippen molar-refractivity contribution in [3.8, 4) is 22.4 Å². The van der Waals surface area contributed by atoms with Crippen LogP contribution in [0.15, 0.2) is 67.1 Å². The average Bonchev–Trinajstić information content (AvgIpc) is 2.48. The predicted molar refractivity (Wildman–Crippen MR) is 77.6 cm³/mol. The van der Waals surface area contributed by atoms with E-state index in [2.05, 4.69) is 59.4 Å². The van der Waals surface area contributed by atoms with Gasteiger partial charge in [-0.15, -0.1) is 0 Å². The molecule has 0 aliphatic rings. The van der Waals surface area contributed by atoms with Crippen molar-refractivity contribution in [1.29, 1.82) is 0 Å². The second-order valence-electron chi connectivity index (χ2n) is 4.54. The smallest absolute Gasteiger partial charge is 0.0885 e. The molecule has 2 heteroatoms. The first-order valence-electron chi connectivity index (χ1n) is 6.26. The minimum absolute atomic E-state index is 0.906. The Morgan fingerprint density at radius 3 is 2.32 bits per heavy atom. The van der Waals surface area contributed by atoms with Gasteiger partial charge in [-0.1, -0.05) is 36.4 Å². The lowest BCUT2D eigenvalue weighted by atomic mass is 9.99. The van der Waals surface area contributed by atoms with Gasteiger partial charge < -0.3 is 0 Å². The molecule has 0 atom stereocenters. The zero-order chi connectivity index (χ0) is 13.1. The van der Waals surface area contributed by atoms with Crippen LogP contribution in [0.25, 0.3) is 22.4 Å². The van der Waals surface area contributed by atoms with Gasteiger partial charge in [0.2, 0.25) is 0 Å². The number of aromatic nitrogens is 2. The van der Waals surface area contributed by atoms with Crippen molar-refractivity contribution < 1.29 is 0 Å². The van der Waals surface area contributed by atoms with Crippen molar-refractivity contribution in [2.24, 2.45) is 0 Å². The SMILES string of the molecule is Cc1cc(-c2ccccc2)cc(-c2cnccn2)c1. The second-order valence-corrected chi connectivity index (χ2v) is 4.54. The predicted octanol–water partition coefficient (Wildman–Crippen LogP) is 4.12. The van der Waals surface area contributed by atoms with Crippen LogP contribution in [0.1, 0.15) is 5.56 Å². The Hall–Kier alpha value is -2.48. The largest absolute Gasteiger partial charge is 0.261 e. The van der Waals surface area contributed by atoms with Gasteiger partial charge in [-0.3, -0.25) is 9.97 Å². The normalized spacial score (nSPS) is 10.4. The van der Waals surface area contributed by atoms with E-state index in [4.69, 9.17) is 0 Å². The molecule has 0 aliphatic carbocycles. The summed E-state index contributed by atoms with van der Waals surface area (Å²) in [6, 6.07) is 16.9. The maximum Gasteiger partial charge on any atom is 0.0885 e. The number of hydrogen-bond acceptors (Lipinski definition) is 2. The summed E-state index contributed by atoms with van der Waals surface area (Å²) in [4.78, 5) is 8.49. The number of benzene rings is 2. The van der Waals surface area contributed by atoms with Gasteiger partial charge in [0.05, 0.1) is 11.9 Å². The highest BCUT2D eigenvalue weighted by atomic mass is 14.8. The fraction of sp³-hybridized carbons (Fsp3) is 0.0588. The minimum atomic E-state index is 0.906. The summed E-state index contributed by atoms with van der Waals surface area (Å²) in [7, 11) is 0. The number of rotatable bonds is 2. The molecule has 0 amide bonds. The molecule has 0 saturated carbocycles. The molecule has 0 bridgehead atoms. The Labute approximate surface area is 112 Å². The molecule has 0 radical (unpaired) electrons. The van der Waals surface area contributed by atoms with E-state index in [9.17, 15) is 0 Å². The Balaban J connectivity index is 2.12.